The summed E-state index contributed by atoms with van der Waals surface area (Å²) in [5, 5.41) is 22.9. The Morgan fingerprint density at radius 2 is 1.85 bits per heavy atom. The number of nitrogens with zero attached hydrogens (tertiary/aromatic N) is 2. The summed E-state index contributed by atoms with van der Waals surface area (Å²) in [6.07, 6.45) is 0. The minimum absolute atomic E-state index is 0.128. The molecule has 5 heteroatoms. The summed E-state index contributed by atoms with van der Waals surface area (Å²) in [4.78, 5) is 4.92. The molecule has 2 aliphatic rings. The predicted octanol–water partition coefficient (Wildman–Crippen LogP) is 0.748. The maximum atomic E-state index is 9.97. The van der Waals surface area contributed by atoms with E-state index in [2.05, 4.69) is 22.0 Å². The van der Waals surface area contributed by atoms with Crippen molar-refractivity contribution in [2.45, 2.75) is 19.0 Å². The molecule has 2 heterocycles. The molecular weight excluding hydrogens is 254 g/mol. The fourth-order valence-electron chi connectivity index (χ4n) is 3.09. The third-order valence-corrected chi connectivity index (χ3v) is 4.63. The molecule has 0 saturated carbocycles. The molecule has 2 saturated heterocycles. The molecule has 3 N–H and O–H groups in total. The van der Waals surface area contributed by atoms with Gasteiger partial charge in [0.2, 0.25) is 0 Å². The summed E-state index contributed by atoms with van der Waals surface area (Å²) < 4.78 is 0. The zero-order chi connectivity index (χ0) is 14.1. The molecule has 1 aromatic rings. The molecule has 0 spiro atoms. The maximum absolute atomic E-state index is 9.97. The van der Waals surface area contributed by atoms with Crippen molar-refractivity contribution in [1.82, 2.24) is 15.1 Å². The van der Waals surface area contributed by atoms with Gasteiger partial charge in [-0.05, 0) is 25.1 Å². The molecule has 1 atom stereocenters. The van der Waals surface area contributed by atoms with Gasteiger partial charge in [0.05, 0.1) is 0 Å². The third-order valence-electron chi connectivity index (χ3n) is 4.63. The highest BCUT2D eigenvalue weighted by Crippen LogP contribution is 2.31. The van der Waals surface area contributed by atoms with Gasteiger partial charge < -0.3 is 15.5 Å². The predicted molar refractivity (Wildman–Crippen MR) is 78.0 cm³/mol. The van der Waals surface area contributed by atoms with E-state index < -0.39 is 0 Å². The van der Waals surface area contributed by atoms with Crippen LogP contribution in [0.1, 0.15) is 18.5 Å². The van der Waals surface area contributed by atoms with Crippen molar-refractivity contribution in [1.29, 1.82) is 0 Å². The van der Waals surface area contributed by atoms with Gasteiger partial charge in [-0.3, -0.25) is 9.80 Å². The van der Waals surface area contributed by atoms with Crippen molar-refractivity contribution >= 4 is 0 Å². The maximum Gasteiger partial charge on any atom is 0.120 e. The molecule has 2 fully saturated rings. The van der Waals surface area contributed by atoms with Crippen molar-refractivity contribution in [2.75, 3.05) is 39.3 Å². The molecule has 1 unspecified atom stereocenters. The zero-order valence-corrected chi connectivity index (χ0v) is 11.9. The number of nitrogens with one attached hydrogen (secondary N) is 1. The van der Waals surface area contributed by atoms with Crippen LogP contribution in [0.15, 0.2) is 18.2 Å². The van der Waals surface area contributed by atoms with Crippen LogP contribution in [0.4, 0.5) is 0 Å². The number of aromatic hydroxyl groups is 2. The van der Waals surface area contributed by atoms with Crippen molar-refractivity contribution in [3.8, 4) is 11.5 Å². The van der Waals surface area contributed by atoms with Crippen LogP contribution in [0.5, 0.6) is 11.5 Å². The van der Waals surface area contributed by atoms with Crippen LogP contribution in [0, 0.1) is 0 Å². The minimum Gasteiger partial charge on any atom is -0.508 e. The number of phenols is 2. The van der Waals surface area contributed by atoms with Crippen molar-refractivity contribution in [3.63, 3.8) is 0 Å². The lowest BCUT2D eigenvalue weighted by Gasteiger charge is -2.44. The first-order valence-corrected chi connectivity index (χ1v) is 7.36. The quantitative estimate of drug-likeness (QED) is 0.712. The Hall–Kier alpha value is -1.30. The number of benzene rings is 1. The van der Waals surface area contributed by atoms with E-state index in [9.17, 15) is 10.2 Å². The number of piperazine rings is 1. The van der Waals surface area contributed by atoms with Crippen molar-refractivity contribution in [2.24, 2.45) is 0 Å². The van der Waals surface area contributed by atoms with E-state index in [0.717, 1.165) is 44.8 Å². The Morgan fingerprint density at radius 3 is 2.45 bits per heavy atom. The first-order valence-electron chi connectivity index (χ1n) is 7.36. The molecule has 0 aliphatic carbocycles. The molecule has 0 aromatic heterocycles. The summed E-state index contributed by atoms with van der Waals surface area (Å²) in [6.45, 7) is 8.49. The van der Waals surface area contributed by atoms with Crippen LogP contribution in [-0.2, 0) is 0 Å². The van der Waals surface area contributed by atoms with Crippen LogP contribution in [0.2, 0.25) is 0 Å². The third kappa shape index (κ3) is 2.61. The second-order valence-corrected chi connectivity index (χ2v) is 5.80. The molecule has 3 rings (SSSR count). The standard InChI is InChI=1S/C15H23N3O2/c1-11(14-8-13(19)2-3-15(14)20)17-4-6-18(7-5-17)12-9-16-10-12/h2-3,8,11-12,16,19-20H,4-7,9-10H2,1H3. The normalized spacial score (nSPS) is 23.4. The monoisotopic (exact) mass is 277 g/mol. The first-order chi connectivity index (χ1) is 9.65. The van der Waals surface area contributed by atoms with Crippen molar-refractivity contribution in [3.05, 3.63) is 23.8 Å². The highest BCUT2D eigenvalue weighted by Gasteiger charge is 2.29. The highest BCUT2D eigenvalue weighted by molar-refractivity contribution is 5.40. The Labute approximate surface area is 119 Å². The minimum atomic E-state index is 0.128. The summed E-state index contributed by atoms with van der Waals surface area (Å²) >= 11 is 0. The van der Waals surface area contributed by atoms with Gasteiger partial charge in [0, 0.05) is 56.9 Å². The lowest BCUT2D eigenvalue weighted by molar-refractivity contribution is 0.0547. The first kappa shape index (κ1) is 13.7. The Morgan fingerprint density at radius 1 is 1.15 bits per heavy atom. The number of hydrogen-bond acceptors (Lipinski definition) is 5. The van der Waals surface area contributed by atoms with Gasteiger partial charge in [-0.15, -0.1) is 0 Å². The van der Waals surface area contributed by atoms with Crippen LogP contribution < -0.4 is 5.32 Å². The second-order valence-electron chi connectivity index (χ2n) is 5.80. The molecule has 0 bridgehead atoms. The van der Waals surface area contributed by atoms with E-state index in [1.165, 1.54) is 6.07 Å². The van der Waals surface area contributed by atoms with Gasteiger partial charge in [-0.25, -0.2) is 0 Å². The van der Waals surface area contributed by atoms with Crippen molar-refractivity contribution < 1.29 is 10.2 Å². The van der Waals surface area contributed by atoms with Crippen LogP contribution in [-0.4, -0.2) is 65.3 Å². The average Bonchev–Trinajstić information content (AvgIpc) is 2.40. The Bertz CT molecular complexity index is 468. The molecule has 20 heavy (non-hydrogen) atoms. The van der Waals surface area contributed by atoms with Crippen LogP contribution >= 0.6 is 0 Å². The second kappa shape index (κ2) is 5.60. The largest absolute Gasteiger partial charge is 0.508 e. The Balaban J connectivity index is 1.63. The summed E-state index contributed by atoms with van der Waals surface area (Å²) in [5.41, 5.74) is 0.809. The van der Waals surface area contributed by atoms with Gasteiger partial charge in [-0.1, -0.05) is 0 Å². The number of rotatable bonds is 3. The molecule has 5 nitrogen and oxygen atoms in total. The smallest absolute Gasteiger partial charge is 0.120 e. The van der Waals surface area contributed by atoms with Gasteiger partial charge in [0.15, 0.2) is 0 Å². The SMILES string of the molecule is CC(c1cc(O)ccc1O)N1CCN(C2CNC2)CC1. The molecule has 0 amide bonds. The number of hydrogen-bond donors (Lipinski definition) is 3. The Kier molecular flexibility index (Phi) is 3.83. The summed E-state index contributed by atoms with van der Waals surface area (Å²) in [7, 11) is 0. The van der Waals surface area contributed by atoms with Gasteiger partial charge in [0.1, 0.15) is 11.5 Å². The molecule has 0 radical (unpaired) electrons. The molecule has 110 valence electrons. The van der Waals surface area contributed by atoms with E-state index in [0.29, 0.717) is 6.04 Å². The van der Waals surface area contributed by atoms with E-state index in [1.807, 2.05) is 0 Å². The lowest BCUT2D eigenvalue weighted by atomic mass is 10.0. The van der Waals surface area contributed by atoms with E-state index in [4.69, 9.17) is 0 Å². The summed E-state index contributed by atoms with van der Waals surface area (Å²) in [6, 6.07) is 5.60. The van der Waals surface area contributed by atoms with Crippen LogP contribution in [0.3, 0.4) is 0 Å². The number of phenolic OH excluding ortho intramolecular Hbond substituents is 2. The van der Waals surface area contributed by atoms with Gasteiger partial charge in [0.25, 0.3) is 0 Å². The topological polar surface area (TPSA) is 59.0 Å². The molecule has 1 aromatic carbocycles. The van der Waals surface area contributed by atoms with E-state index >= 15 is 0 Å². The summed E-state index contributed by atoms with van der Waals surface area (Å²) in [5.74, 6) is 0.477. The fourth-order valence-corrected chi connectivity index (χ4v) is 3.09. The van der Waals surface area contributed by atoms with Gasteiger partial charge in [-0.2, -0.15) is 0 Å². The lowest BCUT2D eigenvalue weighted by Crippen LogP contribution is -2.61. The molecular formula is C15H23N3O2. The fraction of sp³-hybridized carbons (Fsp3) is 0.600. The van der Waals surface area contributed by atoms with Crippen LogP contribution in [0.25, 0.3) is 0 Å². The zero-order valence-electron chi connectivity index (χ0n) is 11.9. The molecule has 2 aliphatic heterocycles. The highest BCUT2D eigenvalue weighted by atomic mass is 16.3. The van der Waals surface area contributed by atoms with E-state index in [1.54, 1.807) is 12.1 Å². The van der Waals surface area contributed by atoms with E-state index in [-0.39, 0.29) is 17.5 Å². The van der Waals surface area contributed by atoms with Gasteiger partial charge >= 0.3 is 0 Å². The average molecular weight is 277 g/mol.